The van der Waals surface area contributed by atoms with Crippen LogP contribution in [0.25, 0.3) is 0 Å². The highest BCUT2D eigenvalue weighted by molar-refractivity contribution is 6.42. The molecule has 1 aromatic carbocycles. The molecule has 5 nitrogen and oxygen atoms in total. The minimum Gasteiger partial charge on any atom is -0.444 e. The van der Waals surface area contributed by atoms with Crippen LogP contribution in [0, 0.1) is 17.8 Å². The molecule has 1 saturated carbocycles. The summed E-state index contributed by atoms with van der Waals surface area (Å²) in [5.74, 6) is 2.28. The van der Waals surface area contributed by atoms with Gasteiger partial charge in [-0.3, -0.25) is 4.79 Å². The molecule has 2 unspecified atom stereocenters. The van der Waals surface area contributed by atoms with Gasteiger partial charge in [0, 0.05) is 18.5 Å². The van der Waals surface area contributed by atoms with E-state index < -0.39 is 22.5 Å². The lowest BCUT2D eigenvalue weighted by Gasteiger charge is -2.38. The topological polar surface area (TPSA) is 58.6 Å². The van der Waals surface area contributed by atoms with Crippen molar-refractivity contribution in [1.29, 1.82) is 0 Å². The normalized spacial score (nSPS) is 26.1. The van der Waals surface area contributed by atoms with Crippen molar-refractivity contribution in [3.8, 4) is 12.3 Å². The van der Waals surface area contributed by atoms with Gasteiger partial charge in [0.05, 0.1) is 22.0 Å². The number of terminal acetylenes is 1. The van der Waals surface area contributed by atoms with E-state index in [1.54, 1.807) is 11.0 Å². The van der Waals surface area contributed by atoms with Crippen molar-refractivity contribution >= 4 is 35.2 Å². The number of rotatable bonds is 3. The molecule has 28 heavy (non-hydrogen) atoms. The standard InChI is InChI=1S/C21H24Cl2N2O3/c1-5-9-24-17(26)21-12-20(21,14-6-7-15(22)16(23)11-14)8-10-25(13-21)18(27)28-19(2,3)4/h1,6-7,11H,8-10,12-13H2,2-4H3,(H,24,26). The fourth-order valence-corrected chi connectivity index (χ4v) is 4.50. The molecule has 2 amide bonds. The number of nitrogens with one attached hydrogen (secondary N) is 1. The zero-order chi connectivity index (χ0) is 20.7. The van der Waals surface area contributed by atoms with Crippen molar-refractivity contribution in [2.75, 3.05) is 19.6 Å². The largest absolute Gasteiger partial charge is 0.444 e. The number of carbonyl (C=O) groups excluding carboxylic acids is 2. The third-order valence-electron chi connectivity index (χ3n) is 5.57. The average Bonchev–Trinajstić information content (AvgIpc) is 3.31. The molecule has 1 heterocycles. The van der Waals surface area contributed by atoms with Gasteiger partial charge in [-0.15, -0.1) is 6.42 Å². The van der Waals surface area contributed by atoms with Gasteiger partial charge in [0.1, 0.15) is 5.60 Å². The summed E-state index contributed by atoms with van der Waals surface area (Å²) in [7, 11) is 0. The van der Waals surface area contributed by atoms with E-state index >= 15 is 0 Å². The minimum absolute atomic E-state index is 0.143. The monoisotopic (exact) mass is 422 g/mol. The van der Waals surface area contributed by atoms with E-state index in [-0.39, 0.29) is 19.0 Å². The summed E-state index contributed by atoms with van der Waals surface area (Å²) >= 11 is 12.3. The lowest BCUT2D eigenvalue weighted by atomic mass is 9.79. The second-order valence-corrected chi connectivity index (χ2v) is 9.32. The Hall–Kier alpha value is -1.90. The van der Waals surface area contributed by atoms with Gasteiger partial charge in [-0.1, -0.05) is 35.2 Å². The van der Waals surface area contributed by atoms with Crippen LogP contribution in [-0.2, 0) is 14.9 Å². The summed E-state index contributed by atoms with van der Waals surface area (Å²) in [6.45, 7) is 6.38. The van der Waals surface area contributed by atoms with Crippen LogP contribution >= 0.6 is 23.2 Å². The lowest BCUT2D eigenvalue weighted by molar-refractivity contribution is -0.128. The number of fused-ring (bicyclic) bond motifs is 1. The summed E-state index contributed by atoms with van der Waals surface area (Å²) in [4.78, 5) is 27.3. The smallest absolute Gasteiger partial charge is 0.410 e. The maximum absolute atomic E-state index is 13.1. The Morgan fingerprint density at radius 1 is 1.32 bits per heavy atom. The number of piperidine rings is 1. The first-order valence-electron chi connectivity index (χ1n) is 9.20. The van der Waals surface area contributed by atoms with Crippen LogP contribution in [-0.4, -0.2) is 42.1 Å². The number of hydrogen-bond donors (Lipinski definition) is 1. The first kappa shape index (κ1) is 20.8. The van der Waals surface area contributed by atoms with Crippen molar-refractivity contribution in [2.45, 2.75) is 44.6 Å². The number of halogens is 2. The van der Waals surface area contributed by atoms with Gasteiger partial charge < -0.3 is 15.0 Å². The molecular formula is C21H24Cl2N2O3. The summed E-state index contributed by atoms with van der Waals surface area (Å²) < 4.78 is 5.51. The Bertz CT molecular complexity index is 858. The first-order valence-corrected chi connectivity index (χ1v) is 9.95. The number of carbonyl (C=O) groups is 2. The fourth-order valence-electron chi connectivity index (χ4n) is 4.21. The molecule has 0 aromatic heterocycles. The number of nitrogens with zero attached hydrogens (tertiary/aromatic N) is 1. The molecule has 1 saturated heterocycles. The number of amides is 2. The van der Waals surface area contributed by atoms with Crippen molar-refractivity contribution in [2.24, 2.45) is 5.41 Å². The highest BCUT2D eigenvalue weighted by atomic mass is 35.5. The van der Waals surface area contributed by atoms with Gasteiger partial charge in [-0.25, -0.2) is 4.79 Å². The Balaban J connectivity index is 1.91. The van der Waals surface area contributed by atoms with Crippen LogP contribution in [0.2, 0.25) is 10.0 Å². The van der Waals surface area contributed by atoms with E-state index in [9.17, 15) is 9.59 Å². The van der Waals surface area contributed by atoms with Crippen LogP contribution in [0.3, 0.4) is 0 Å². The zero-order valence-corrected chi connectivity index (χ0v) is 17.8. The van der Waals surface area contributed by atoms with E-state index in [0.717, 1.165) is 5.56 Å². The molecule has 1 aromatic rings. The molecule has 1 N–H and O–H groups in total. The van der Waals surface area contributed by atoms with Crippen molar-refractivity contribution in [3.05, 3.63) is 33.8 Å². The number of hydrogen-bond acceptors (Lipinski definition) is 3. The van der Waals surface area contributed by atoms with Gasteiger partial charge in [0.15, 0.2) is 0 Å². The highest BCUT2D eigenvalue weighted by Crippen LogP contribution is 2.69. The quantitative estimate of drug-likeness (QED) is 0.748. The second kappa shape index (κ2) is 7.17. The van der Waals surface area contributed by atoms with Crippen LogP contribution < -0.4 is 5.32 Å². The molecule has 3 rings (SSSR count). The van der Waals surface area contributed by atoms with Crippen molar-refractivity contribution in [3.63, 3.8) is 0 Å². The van der Waals surface area contributed by atoms with E-state index in [1.807, 2.05) is 32.9 Å². The molecule has 2 atom stereocenters. The van der Waals surface area contributed by atoms with Gasteiger partial charge in [0.2, 0.25) is 5.91 Å². The molecule has 7 heteroatoms. The predicted octanol–water partition coefficient (Wildman–Crippen LogP) is 4.01. The van der Waals surface area contributed by atoms with Crippen LogP contribution in [0.5, 0.6) is 0 Å². The second-order valence-electron chi connectivity index (χ2n) is 8.51. The summed E-state index contributed by atoms with van der Waals surface area (Å²) in [6, 6.07) is 5.48. The third-order valence-corrected chi connectivity index (χ3v) is 6.31. The number of ether oxygens (including phenoxy) is 1. The molecule has 2 fully saturated rings. The zero-order valence-electron chi connectivity index (χ0n) is 16.3. The summed E-state index contributed by atoms with van der Waals surface area (Å²) in [6.07, 6.45) is 6.15. The van der Waals surface area contributed by atoms with Crippen molar-refractivity contribution < 1.29 is 14.3 Å². The SMILES string of the molecule is C#CCNC(=O)C12CN(C(=O)OC(C)(C)C)CCC1(c1ccc(Cl)c(Cl)c1)C2. The molecule has 150 valence electrons. The molecular weight excluding hydrogens is 399 g/mol. The van der Waals surface area contributed by atoms with Crippen molar-refractivity contribution in [1.82, 2.24) is 10.2 Å². The molecule has 1 aliphatic heterocycles. The van der Waals surface area contributed by atoms with Crippen LogP contribution in [0.15, 0.2) is 18.2 Å². The Kier molecular flexibility index (Phi) is 5.33. The van der Waals surface area contributed by atoms with Gasteiger partial charge in [0.25, 0.3) is 0 Å². The summed E-state index contributed by atoms with van der Waals surface area (Å²) in [5.41, 5.74) is -0.784. The minimum atomic E-state index is -0.754. The van der Waals surface area contributed by atoms with Gasteiger partial charge in [-0.05, 0) is 51.3 Å². The van der Waals surface area contributed by atoms with Gasteiger partial charge in [-0.2, -0.15) is 0 Å². The van der Waals surface area contributed by atoms with E-state index in [0.29, 0.717) is 29.4 Å². The number of benzene rings is 1. The number of likely N-dealkylation sites (tertiary alicyclic amines) is 1. The predicted molar refractivity (Wildman–Crippen MR) is 109 cm³/mol. The van der Waals surface area contributed by atoms with Crippen LogP contribution in [0.4, 0.5) is 4.79 Å². The molecule has 2 aliphatic rings. The Morgan fingerprint density at radius 3 is 2.64 bits per heavy atom. The Morgan fingerprint density at radius 2 is 2.04 bits per heavy atom. The maximum Gasteiger partial charge on any atom is 0.410 e. The molecule has 0 radical (unpaired) electrons. The van der Waals surface area contributed by atoms with E-state index in [4.69, 9.17) is 34.4 Å². The average molecular weight is 423 g/mol. The molecule has 0 bridgehead atoms. The maximum atomic E-state index is 13.1. The fraction of sp³-hybridized carbons (Fsp3) is 0.524. The Labute approximate surface area is 175 Å². The lowest BCUT2D eigenvalue weighted by Crippen LogP contribution is -2.52. The molecule has 1 aliphatic carbocycles. The van der Waals surface area contributed by atoms with Gasteiger partial charge >= 0.3 is 6.09 Å². The molecule has 0 spiro atoms. The highest BCUT2D eigenvalue weighted by Gasteiger charge is 2.74. The van der Waals surface area contributed by atoms with E-state index in [2.05, 4.69) is 11.2 Å². The summed E-state index contributed by atoms with van der Waals surface area (Å²) in [5, 5.41) is 3.72. The first-order chi connectivity index (χ1) is 13.0. The third kappa shape index (κ3) is 3.56. The van der Waals surface area contributed by atoms with Crippen LogP contribution in [0.1, 0.15) is 39.2 Å². The van der Waals surface area contributed by atoms with E-state index in [1.165, 1.54) is 0 Å².